The van der Waals surface area contributed by atoms with E-state index in [9.17, 15) is 0 Å². The molecular weight excluding hydrogens is 707 g/mol. The summed E-state index contributed by atoms with van der Waals surface area (Å²) < 4.78 is 10.9. The number of benzene rings is 4. The van der Waals surface area contributed by atoms with Crippen LogP contribution in [-0.2, 0) is 32.3 Å². The Labute approximate surface area is 310 Å². The van der Waals surface area contributed by atoms with E-state index in [0.29, 0.717) is 11.5 Å². The number of aryl methyl sites for hydroxylation is 4. The van der Waals surface area contributed by atoms with E-state index in [2.05, 4.69) is 156 Å². The van der Waals surface area contributed by atoms with Crippen LogP contribution < -0.4 is 4.74 Å². The largest absolute Gasteiger partial charge is 2.00 e. The molecule has 0 amide bonds. The van der Waals surface area contributed by atoms with Crippen molar-refractivity contribution >= 4 is 21.8 Å². The molecule has 3 aromatic heterocycles. The minimum absolute atomic E-state index is 0. The quantitative estimate of drug-likeness (QED) is 0.120. The van der Waals surface area contributed by atoms with Gasteiger partial charge in [0.2, 0.25) is 0 Å². The van der Waals surface area contributed by atoms with E-state index in [0.717, 1.165) is 56.7 Å². The van der Waals surface area contributed by atoms with Gasteiger partial charge in [-0.05, 0) is 84.6 Å². The Kier molecular flexibility index (Phi) is 9.66. The number of rotatable bonds is 7. The summed E-state index contributed by atoms with van der Waals surface area (Å²) in [5.74, 6) is 2.40. The van der Waals surface area contributed by atoms with E-state index in [-0.39, 0.29) is 31.8 Å². The molecule has 0 atom stereocenters. The molecule has 4 aromatic carbocycles. The second-order valence-electron chi connectivity index (χ2n) is 14.5. The smallest absolute Gasteiger partial charge is 0.509 e. The molecule has 7 aromatic rings. The normalized spacial score (nSPS) is 11.8. The van der Waals surface area contributed by atoms with Crippen molar-refractivity contribution in [2.45, 2.75) is 80.1 Å². The molecule has 0 saturated heterocycles. The van der Waals surface area contributed by atoms with Crippen LogP contribution >= 0.6 is 0 Å². The second-order valence-corrected chi connectivity index (χ2v) is 14.5. The molecule has 0 bridgehead atoms. The van der Waals surface area contributed by atoms with Crippen molar-refractivity contribution in [3.8, 4) is 34.1 Å². The summed E-state index contributed by atoms with van der Waals surface area (Å²) in [6, 6.07) is 34.8. The Morgan fingerprint density at radius 2 is 1.54 bits per heavy atom. The first kappa shape index (κ1) is 35.3. The van der Waals surface area contributed by atoms with Crippen molar-refractivity contribution in [2.24, 2.45) is 0 Å². The van der Waals surface area contributed by atoms with Crippen molar-refractivity contribution in [1.82, 2.24) is 19.3 Å². The Hall–Kier alpha value is -4.50. The zero-order chi connectivity index (χ0) is 34.6. The van der Waals surface area contributed by atoms with Gasteiger partial charge in [-0.25, -0.2) is 4.98 Å². The number of hydrogen-bond acceptors (Lipinski definition) is 3. The Bertz CT molecular complexity index is 2330. The fourth-order valence-electron chi connectivity index (χ4n) is 7.05. The van der Waals surface area contributed by atoms with Crippen LogP contribution in [0.25, 0.3) is 44.4 Å². The molecule has 0 aliphatic rings. The topological polar surface area (TPSA) is 44.9 Å². The standard InChI is InChI=1S/C44H44N4O.Pd/c1-10-31-20-21-45-40(22-31)47-38-17-12-11-16-36(38)37-19-18-34(26-39(37)47)49-35-24-32(27(2)3)23-33(25-35)48-43(44(7,8)9)42(30(6)46-48)41-28(4)14-13-15-29(41)5;/h11-24,27H,10H2,1-9H3;/q-2;+2. The molecule has 256 valence electrons. The monoisotopic (exact) mass is 750 g/mol. The summed E-state index contributed by atoms with van der Waals surface area (Å²) in [5, 5.41) is 7.45. The first-order chi connectivity index (χ1) is 23.4. The van der Waals surface area contributed by atoms with Crippen molar-refractivity contribution in [1.29, 1.82) is 0 Å². The van der Waals surface area contributed by atoms with E-state index in [1.165, 1.54) is 27.8 Å². The average Bonchev–Trinajstić information content (AvgIpc) is 3.59. The zero-order valence-electron chi connectivity index (χ0n) is 30.4. The maximum Gasteiger partial charge on any atom is 2.00 e. The van der Waals surface area contributed by atoms with Gasteiger partial charge in [0, 0.05) is 34.2 Å². The van der Waals surface area contributed by atoms with Gasteiger partial charge in [-0.2, -0.15) is 11.2 Å². The predicted octanol–water partition coefficient (Wildman–Crippen LogP) is 11.3. The minimum Gasteiger partial charge on any atom is -0.509 e. The fourth-order valence-corrected chi connectivity index (χ4v) is 7.05. The molecule has 0 spiro atoms. The van der Waals surface area contributed by atoms with Crippen LogP contribution in [0, 0.1) is 32.9 Å². The number of ether oxygens (including phenoxy) is 1. The first-order valence-corrected chi connectivity index (χ1v) is 17.3. The van der Waals surface area contributed by atoms with Crippen LogP contribution in [0.5, 0.6) is 11.5 Å². The Morgan fingerprint density at radius 1 is 0.800 bits per heavy atom. The van der Waals surface area contributed by atoms with Crippen LogP contribution in [0.1, 0.15) is 81.1 Å². The van der Waals surface area contributed by atoms with Gasteiger partial charge in [0.1, 0.15) is 5.82 Å². The van der Waals surface area contributed by atoms with Gasteiger partial charge in [-0.3, -0.25) is 4.68 Å². The van der Waals surface area contributed by atoms with Crippen LogP contribution in [0.15, 0.2) is 85.1 Å². The summed E-state index contributed by atoms with van der Waals surface area (Å²) >= 11 is 0. The van der Waals surface area contributed by atoms with Gasteiger partial charge in [0.25, 0.3) is 0 Å². The van der Waals surface area contributed by atoms with Gasteiger partial charge in [0.05, 0.1) is 11.4 Å². The predicted molar refractivity (Wildman–Crippen MR) is 202 cm³/mol. The van der Waals surface area contributed by atoms with E-state index < -0.39 is 0 Å². The molecule has 0 radical (unpaired) electrons. The molecule has 6 heteroatoms. The summed E-state index contributed by atoms with van der Waals surface area (Å²) in [7, 11) is 0. The van der Waals surface area contributed by atoms with Gasteiger partial charge in [-0.15, -0.1) is 41.3 Å². The maximum absolute atomic E-state index is 6.67. The third kappa shape index (κ3) is 6.32. The van der Waals surface area contributed by atoms with Gasteiger partial charge >= 0.3 is 20.4 Å². The molecular formula is C44H44N4OPd. The molecule has 7 rings (SSSR count). The van der Waals surface area contributed by atoms with E-state index in [1.54, 1.807) is 0 Å². The molecule has 0 aliphatic carbocycles. The molecule has 0 aliphatic heterocycles. The molecule has 50 heavy (non-hydrogen) atoms. The second kappa shape index (κ2) is 13.7. The number of hydrogen-bond donors (Lipinski definition) is 0. The van der Waals surface area contributed by atoms with E-state index in [1.807, 2.05) is 12.3 Å². The SMILES string of the molecule is CCc1ccnc(-n2c3[c-]c(Oc4[c-]c(-n5nc(C)c(-c6c(C)cccc6C)c5C(C)(C)C)cc(C(C)C)c4)ccc3c3ccccc32)c1.[Pd+2]. The number of aromatic nitrogens is 4. The van der Waals surface area contributed by atoms with Crippen molar-refractivity contribution in [3.05, 3.63) is 131 Å². The van der Waals surface area contributed by atoms with Gasteiger partial charge < -0.3 is 9.30 Å². The number of pyridine rings is 1. The van der Waals surface area contributed by atoms with Gasteiger partial charge in [0.15, 0.2) is 0 Å². The molecule has 0 N–H and O–H groups in total. The van der Waals surface area contributed by atoms with Crippen molar-refractivity contribution in [3.63, 3.8) is 0 Å². The zero-order valence-corrected chi connectivity index (χ0v) is 31.9. The summed E-state index contributed by atoms with van der Waals surface area (Å²) in [5.41, 5.74) is 12.2. The van der Waals surface area contributed by atoms with Crippen LogP contribution in [0.2, 0.25) is 0 Å². The minimum atomic E-state index is -0.191. The maximum atomic E-state index is 6.67. The van der Waals surface area contributed by atoms with Crippen LogP contribution in [-0.4, -0.2) is 19.3 Å². The van der Waals surface area contributed by atoms with Crippen LogP contribution in [0.3, 0.4) is 0 Å². The third-order valence-electron chi connectivity index (χ3n) is 9.47. The van der Waals surface area contributed by atoms with Crippen molar-refractivity contribution in [2.75, 3.05) is 0 Å². The average molecular weight is 751 g/mol. The summed E-state index contributed by atoms with van der Waals surface area (Å²) in [6.45, 7) is 19.8. The summed E-state index contributed by atoms with van der Waals surface area (Å²) in [4.78, 5) is 4.78. The number of fused-ring (bicyclic) bond motifs is 3. The molecule has 5 nitrogen and oxygen atoms in total. The first-order valence-electron chi connectivity index (χ1n) is 17.3. The number of nitrogens with zero attached hydrogens (tertiary/aromatic N) is 4. The molecule has 3 heterocycles. The fraction of sp³-hybridized carbons (Fsp3) is 0.273. The number of para-hydroxylation sites is 1. The van der Waals surface area contributed by atoms with E-state index in [4.69, 9.17) is 14.8 Å². The summed E-state index contributed by atoms with van der Waals surface area (Å²) in [6.07, 6.45) is 2.82. The van der Waals surface area contributed by atoms with E-state index >= 15 is 0 Å². The molecule has 0 saturated carbocycles. The Morgan fingerprint density at radius 3 is 2.24 bits per heavy atom. The van der Waals surface area contributed by atoms with Gasteiger partial charge in [-0.1, -0.05) is 83.5 Å². The van der Waals surface area contributed by atoms with Crippen molar-refractivity contribution < 1.29 is 25.2 Å². The third-order valence-corrected chi connectivity index (χ3v) is 9.47. The molecule has 0 unspecified atom stereocenters. The van der Waals surface area contributed by atoms with Crippen LogP contribution in [0.4, 0.5) is 0 Å². The molecule has 0 fully saturated rings. The Balaban J connectivity index is 0.00000432.